The Labute approximate surface area is 162 Å². The highest BCUT2D eigenvalue weighted by molar-refractivity contribution is 5.66. The summed E-state index contributed by atoms with van der Waals surface area (Å²) in [6.07, 6.45) is 22.2. The normalized spacial score (nSPS) is 15.1. The van der Waals surface area contributed by atoms with Crippen molar-refractivity contribution >= 4 is 6.09 Å². The lowest BCUT2D eigenvalue weighted by Gasteiger charge is -2.26. The maximum atomic E-state index is 11.7. The van der Waals surface area contributed by atoms with Gasteiger partial charge in [0, 0.05) is 13.1 Å². The van der Waals surface area contributed by atoms with Crippen LogP contribution in [0.5, 0.6) is 0 Å². The van der Waals surface area contributed by atoms with E-state index in [0.29, 0.717) is 6.61 Å². The Morgan fingerprint density at radius 3 is 1.69 bits per heavy atom. The second kappa shape index (κ2) is 17.6. The van der Waals surface area contributed by atoms with E-state index in [1.165, 1.54) is 103 Å². The maximum absolute atomic E-state index is 11.7. The summed E-state index contributed by atoms with van der Waals surface area (Å²) in [4.78, 5) is 11.7. The Bertz CT molecular complexity index is 317. The lowest BCUT2D eigenvalue weighted by Crippen LogP contribution is -2.45. The molecule has 0 aliphatic carbocycles. The second-order valence-corrected chi connectivity index (χ2v) is 7.89. The molecule has 0 aromatic rings. The number of unbranched alkanes of at least 4 members (excludes halogenated alkanes) is 13. The van der Waals surface area contributed by atoms with Gasteiger partial charge in [-0.1, -0.05) is 96.8 Å². The van der Waals surface area contributed by atoms with Crippen molar-refractivity contribution in [2.24, 2.45) is 0 Å². The van der Waals surface area contributed by atoms with E-state index in [0.717, 1.165) is 19.5 Å². The number of nitrogens with zero attached hydrogens (tertiary/aromatic N) is 1. The Morgan fingerprint density at radius 1 is 0.731 bits per heavy atom. The molecule has 1 rings (SSSR count). The van der Waals surface area contributed by atoms with Crippen LogP contribution in [0.3, 0.4) is 0 Å². The third kappa shape index (κ3) is 14.4. The van der Waals surface area contributed by atoms with Crippen LogP contribution < -0.4 is 5.43 Å². The molecule has 1 amide bonds. The maximum Gasteiger partial charge on any atom is 0.421 e. The van der Waals surface area contributed by atoms with Gasteiger partial charge in [-0.05, 0) is 19.3 Å². The molecular weight excluding hydrogens is 324 g/mol. The fraction of sp³-hybridized carbons (Fsp3) is 0.955. The largest absolute Gasteiger partial charge is 0.449 e. The van der Waals surface area contributed by atoms with Crippen molar-refractivity contribution < 1.29 is 9.53 Å². The van der Waals surface area contributed by atoms with Crippen LogP contribution in [0.25, 0.3) is 0 Å². The standard InChI is InChI=1S/C22H44N2O2/c1-2-3-4-5-6-7-8-9-10-11-12-13-14-18-21-26-22(25)23-24-19-16-15-17-20-24/h2-21H2,1H3,(H,23,25). The number of nitrogens with one attached hydrogen (secondary N) is 1. The van der Waals surface area contributed by atoms with E-state index in [4.69, 9.17) is 4.74 Å². The number of piperidine rings is 1. The molecule has 26 heavy (non-hydrogen) atoms. The van der Waals surface area contributed by atoms with Gasteiger partial charge in [0.05, 0.1) is 6.61 Å². The lowest BCUT2D eigenvalue weighted by molar-refractivity contribution is 0.0941. The van der Waals surface area contributed by atoms with E-state index in [2.05, 4.69) is 12.3 Å². The minimum absolute atomic E-state index is 0.276. The van der Waals surface area contributed by atoms with Gasteiger partial charge in [0.15, 0.2) is 0 Å². The molecule has 1 aliphatic rings. The summed E-state index contributed by atoms with van der Waals surface area (Å²) in [5.74, 6) is 0. The second-order valence-electron chi connectivity index (χ2n) is 7.89. The average Bonchev–Trinajstić information content (AvgIpc) is 2.65. The highest BCUT2D eigenvalue weighted by atomic mass is 16.6. The third-order valence-electron chi connectivity index (χ3n) is 5.34. The summed E-state index contributed by atoms with van der Waals surface area (Å²) in [5, 5.41) is 1.98. The highest BCUT2D eigenvalue weighted by Crippen LogP contribution is 2.13. The summed E-state index contributed by atoms with van der Waals surface area (Å²) in [6.45, 7) is 4.74. The summed E-state index contributed by atoms with van der Waals surface area (Å²) in [6, 6.07) is 0. The average molecular weight is 369 g/mol. The molecule has 0 radical (unpaired) electrons. The Balaban J connectivity index is 1.73. The quantitative estimate of drug-likeness (QED) is 0.312. The van der Waals surface area contributed by atoms with Crippen LogP contribution in [0, 0.1) is 0 Å². The van der Waals surface area contributed by atoms with Crippen LogP contribution in [-0.4, -0.2) is 30.8 Å². The molecule has 0 spiro atoms. The van der Waals surface area contributed by atoms with Crippen LogP contribution in [-0.2, 0) is 4.74 Å². The number of hydrogen-bond acceptors (Lipinski definition) is 3. The molecule has 1 saturated heterocycles. The van der Waals surface area contributed by atoms with Crippen molar-refractivity contribution in [1.82, 2.24) is 10.4 Å². The summed E-state index contributed by atoms with van der Waals surface area (Å²) in [5.41, 5.74) is 2.84. The molecule has 1 N–H and O–H groups in total. The van der Waals surface area contributed by atoms with E-state index >= 15 is 0 Å². The zero-order valence-electron chi connectivity index (χ0n) is 17.4. The lowest BCUT2D eigenvalue weighted by atomic mass is 10.0. The van der Waals surface area contributed by atoms with E-state index in [1.54, 1.807) is 0 Å². The predicted molar refractivity (Wildman–Crippen MR) is 110 cm³/mol. The molecule has 0 aromatic heterocycles. The van der Waals surface area contributed by atoms with Crippen molar-refractivity contribution in [3.8, 4) is 0 Å². The van der Waals surface area contributed by atoms with Gasteiger partial charge in [0.1, 0.15) is 0 Å². The van der Waals surface area contributed by atoms with Crippen molar-refractivity contribution in [2.75, 3.05) is 19.7 Å². The Kier molecular flexibility index (Phi) is 15.8. The predicted octanol–water partition coefficient (Wildman–Crippen LogP) is 6.59. The fourth-order valence-corrected chi connectivity index (χ4v) is 3.63. The summed E-state index contributed by atoms with van der Waals surface area (Å²) in [7, 11) is 0. The van der Waals surface area contributed by atoms with Gasteiger partial charge in [-0.25, -0.2) is 9.80 Å². The molecule has 4 nitrogen and oxygen atoms in total. The third-order valence-corrected chi connectivity index (χ3v) is 5.34. The number of ether oxygens (including phenoxy) is 1. The van der Waals surface area contributed by atoms with Crippen molar-refractivity contribution in [3.63, 3.8) is 0 Å². The van der Waals surface area contributed by atoms with Gasteiger partial charge in [0.25, 0.3) is 0 Å². The Hall–Kier alpha value is -0.770. The van der Waals surface area contributed by atoms with Gasteiger partial charge in [0.2, 0.25) is 0 Å². The molecule has 1 fully saturated rings. The monoisotopic (exact) mass is 368 g/mol. The van der Waals surface area contributed by atoms with Gasteiger partial charge in [-0.3, -0.25) is 5.43 Å². The molecule has 0 atom stereocenters. The minimum Gasteiger partial charge on any atom is -0.449 e. The number of hydrogen-bond donors (Lipinski definition) is 1. The molecule has 0 bridgehead atoms. The molecule has 0 saturated carbocycles. The molecule has 1 aliphatic heterocycles. The SMILES string of the molecule is CCCCCCCCCCCCCCCCOC(=O)NN1CCCCC1. The number of rotatable bonds is 16. The molecule has 1 heterocycles. The zero-order chi connectivity index (χ0) is 18.7. The van der Waals surface area contributed by atoms with Gasteiger partial charge >= 0.3 is 6.09 Å². The number of carbonyl (C=O) groups is 1. The first-order valence-electron chi connectivity index (χ1n) is 11.5. The van der Waals surface area contributed by atoms with Crippen molar-refractivity contribution in [1.29, 1.82) is 0 Å². The number of carbonyl (C=O) groups excluding carboxylic acids is 1. The van der Waals surface area contributed by atoms with Gasteiger partial charge < -0.3 is 4.74 Å². The van der Waals surface area contributed by atoms with E-state index < -0.39 is 0 Å². The fourth-order valence-electron chi connectivity index (χ4n) is 3.63. The minimum atomic E-state index is -0.276. The van der Waals surface area contributed by atoms with Gasteiger partial charge in [-0.15, -0.1) is 0 Å². The number of amides is 1. The van der Waals surface area contributed by atoms with Crippen LogP contribution >= 0.6 is 0 Å². The van der Waals surface area contributed by atoms with Crippen LogP contribution in [0.1, 0.15) is 116 Å². The smallest absolute Gasteiger partial charge is 0.421 e. The first kappa shape index (κ1) is 23.3. The van der Waals surface area contributed by atoms with Crippen molar-refractivity contribution in [3.05, 3.63) is 0 Å². The Morgan fingerprint density at radius 2 is 1.19 bits per heavy atom. The summed E-state index contributed by atoms with van der Waals surface area (Å²) < 4.78 is 5.26. The summed E-state index contributed by atoms with van der Waals surface area (Å²) >= 11 is 0. The van der Waals surface area contributed by atoms with E-state index in [-0.39, 0.29) is 6.09 Å². The number of hydrazine groups is 1. The van der Waals surface area contributed by atoms with E-state index in [1.807, 2.05) is 5.01 Å². The van der Waals surface area contributed by atoms with Gasteiger partial charge in [-0.2, -0.15) is 0 Å². The van der Waals surface area contributed by atoms with Crippen molar-refractivity contribution in [2.45, 2.75) is 116 Å². The van der Waals surface area contributed by atoms with Crippen LogP contribution in [0.4, 0.5) is 4.79 Å². The van der Waals surface area contributed by atoms with Crippen LogP contribution in [0.15, 0.2) is 0 Å². The van der Waals surface area contributed by atoms with Crippen LogP contribution in [0.2, 0.25) is 0 Å². The molecule has 154 valence electrons. The topological polar surface area (TPSA) is 41.6 Å². The molecule has 0 unspecified atom stereocenters. The highest BCUT2D eigenvalue weighted by Gasteiger charge is 2.12. The first-order chi connectivity index (χ1) is 12.8. The molecule has 4 heteroatoms. The molecule has 0 aromatic carbocycles. The van der Waals surface area contributed by atoms with E-state index in [9.17, 15) is 4.79 Å². The zero-order valence-corrected chi connectivity index (χ0v) is 17.4. The molecular formula is C22H44N2O2. The first-order valence-corrected chi connectivity index (χ1v) is 11.5.